The first kappa shape index (κ1) is 62.6. The zero-order valence-electron chi connectivity index (χ0n) is 57.0. The van der Waals surface area contributed by atoms with E-state index in [2.05, 4.69) is 127 Å². The highest BCUT2D eigenvalue weighted by Crippen LogP contribution is 2.83. The molecule has 17 bridgehead atoms. The van der Waals surface area contributed by atoms with E-state index >= 15 is 25.2 Å². The molecule has 0 radical (unpaired) electrons. The number of carbonyl (C=O) groups is 2. The number of aldehydes is 1. The summed E-state index contributed by atoms with van der Waals surface area (Å²) in [4.78, 5) is 31.2. The molecule has 0 unspecified atom stereocenters. The summed E-state index contributed by atoms with van der Waals surface area (Å²) in [5.41, 5.74) is -1.71. The van der Waals surface area contributed by atoms with Crippen LogP contribution < -0.4 is 5.32 Å². The number of nitrogens with one attached hydrogen (secondary N) is 1. The largest absolute Gasteiger partial charge is 0.454 e. The molecule has 20 rings (SSSR count). The Bertz CT molecular complexity index is 3980. The third kappa shape index (κ3) is 8.66. The van der Waals surface area contributed by atoms with Crippen molar-refractivity contribution in [3.8, 4) is 23.7 Å². The van der Waals surface area contributed by atoms with Crippen molar-refractivity contribution in [2.75, 3.05) is 7.05 Å². The van der Waals surface area contributed by atoms with E-state index in [-0.39, 0.29) is 90.8 Å². The van der Waals surface area contributed by atoms with Crippen LogP contribution in [0.25, 0.3) is 0 Å². The van der Waals surface area contributed by atoms with Crippen LogP contribution in [0.2, 0.25) is 0 Å². The van der Waals surface area contributed by atoms with Gasteiger partial charge in [0.1, 0.15) is 23.6 Å². The lowest BCUT2D eigenvalue weighted by Crippen LogP contribution is -2.88. The Balaban J connectivity index is 0.867. The zero-order chi connectivity index (χ0) is 65.8. The molecule has 13 aliphatic carbocycles. The predicted octanol–water partition coefficient (Wildman–Crippen LogP) is 12.3. The molecule has 3 spiro atoms. The highest BCUT2D eigenvalue weighted by molar-refractivity contribution is 5.86. The first-order valence-electron chi connectivity index (χ1n) is 38.5. The fourth-order valence-corrected chi connectivity index (χ4v) is 29.0. The van der Waals surface area contributed by atoms with Crippen LogP contribution in [-0.4, -0.2) is 92.1 Å². The van der Waals surface area contributed by atoms with Gasteiger partial charge in [0.15, 0.2) is 0 Å². The third-order valence-corrected chi connectivity index (χ3v) is 32.2. The molecule has 29 atom stereocenters. The highest BCUT2D eigenvalue weighted by atomic mass is 16.5. The van der Waals surface area contributed by atoms with Crippen molar-refractivity contribution in [3.05, 3.63) is 154 Å². The number of hydrogen-bond acceptors (Lipinski definition) is 10. The highest BCUT2D eigenvalue weighted by Gasteiger charge is 2.90. The summed E-state index contributed by atoms with van der Waals surface area (Å²) in [6.07, 6.45) is 17.0. The van der Waals surface area contributed by atoms with Gasteiger partial charge in [0.2, 0.25) is 0 Å². The lowest BCUT2D eigenvalue weighted by atomic mass is 9.30. The Labute approximate surface area is 574 Å². The first-order chi connectivity index (χ1) is 47.1. The predicted molar refractivity (Wildman–Crippen MR) is 369 cm³/mol. The monoisotopic (exact) mass is 1300 g/mol. The van der Waals surface area contributed by atoms with E-state index in [0.717, 1.165) is 118 Å². The summed E-state index contributed by atoms with van der Waals surface area (Å²) < 4.78 is 14.9. The number of hydrogen-bond donors (Lipinski definition) is 6. The fraction of sp³-hybridized carbons (Fsp3) is 0.632. The van der Waals surface area contributed by atoms with E-state index < -0.39 is 92.3 Å². The Morgan fingerprint density at radius 3 is 2.33 bits per heavy atom. The van der Waals surface area contributed by atoms with Gasteiger partial charge in [0, 0.05) is 69.9 Å². The standard InChI is InChI=1S/C87H101NO9/c1-50-58-23-22-54(35-58)34-52-14-9-15-53(33-52)36-64-39-63-40-68-66-21-11-19-60-44-82-47-81(30-28-55(43-81)32-51-12-5-3-6-13-51)31-29-57-18-10-20-61(46-89)67(57)41-74(88-2)69-37-62(76(82)70-42-75(91)97-77(69)70)45-85(82,93)87(95)78(60)83(49-90)48-84(63,71(68)27-25-65(66)56-16-7-4-8-17-56)80(96-64)72-26-24-59(50)38-73(79(87)92)86(72,83)94/h3-10,12-18,20,33,42,49-50,54-55,58-60,62-66,68-69,71-74,76-80,88-89,92-95H,21-28,30,32,34-41,43-48H2,1-2H3/t50-,54+,55-,58-,59+,60+,62+,63+,64+,65+,66+,68+,69+,71-,72+,73-,74+,76-,77-,78-,79-,80-,81-,82+,83+,84+,85-,86-,87-/m1/s1. The normalized spacial score (nSPS) is 48.9. The smallest absolute Gasteiger partial charge is 0.331 e. The van der Waals surface area contributed by atoms with Gasteiger partial charge in [-0.15, -0.1) is 5.92 Å². The first-order valence-corrected chi connectivity index (χ1v) is 38.5. The van der Waals surface area contributed by atoms with Gasteiger partial charge in [-0.25, -0.2) is 4.79 Å². The van der Waals surface area contributed by atoms with Crippen molar-refractivity contribution in [1.82, 2.24) is 5.32 Å². The summed E-state index contributed by atoms with van der Waals surface area (Å²) in [6.45, 7) is 2.30. The van der Waals surface area contributed by atoms with Crippen LogP contribution in [0, 0.1) is 140 Å². The second kappa shape index (κ2) is 22.5. The van der Waals surface area contributed by atoms with Crippen molar-refractivity contribution >= 4 is 12.3 Å². The summed E-state index contributed by atoms with van der Waals surface area (Å²) in [7, 11) is 1.97. The van der Waals surface area contributed by atoms with Crippen molar-refractivity contribution < 1.29 is 44.6 Å². The minimum absolute atomic E-state index is 0.0562. The van der Waals surface area contributed by atoms with Crippen LogP contribution in [-0.2, 0) is 51.4 Å². The van der Waals surface area contributed by atoms with E-state index in [1.807, 2.05) is 19.2 Å². The average Bonchev–Trinajstić information content (AvgIpc) is 1.60. The van der Waals surface area contributed by atoms with E-state index in [1.54, 1.807) is 6.08 Å². The molecule has 4 aromatic rings. The Morgan fingerprint density at radius 2 is 1.52 bits per heavy atom. The number of aliphatic hydroxyl groups excluding tert-OH is 2. The van der Waals surface area contributed by atoms with Gasteiger partial charge in [0.05, 0.1) is 35.9 Å². The van der Waals surface area contributed by atoms with Crippen molar-refractivity contribution in [2.45, 2.75) is 214 Å². The molecule has 10 saturated carbocycles. The van der Waals surface area contributed by atoms with E-state index in [9.17, 15) is 9.90 Å². The van der Waals surface area contributed by atoms with Crippen LogP contribution in [0.1, 0.15) is 174 Å². The number of likely N-dealkylation sites (N-methyl/N-ethyl adjacent to an activating group) is 1. The molecule has 11 fully saturated rings. The lowest BCUT2D eigenvalue weighted by Gasteiger charge is -2.77. The molecule has 1 saturated heterocycles. The van der Waals surface area contributed by atoms with Gasteiger partial charge in [-0.05, 0) is 264 Å². The SMILES string of the molecule is CN[C@H]1Cc2c(cccc2CO)C#C[C@@]2(CC[C@H](Cc3ccccc3)C2)C[C@]23C[C@@H]4C#CC[C@@H]5[C@@H]6C[C@@H]7C[C@@H]8Cc9cccc(c9)C[C@@H]9CC[C@H](C9)[C@@H](C)[C@H]9CC[C@H]%10[C@@H](O8)[C@]7(C[C@]7(C=O)[C@@H]4[C@@](O)([C@H](O)[C@@H](C9)[C@]%107O)[C@@]2(O)C[C@@H]2C[C@@H]1[C@H]1OC(=O)C=C1[C@@H]23)[C@@H]6CC[C@H]5c1ccccc1. The van der Waals surface area contributed by atoms with Gasteiger partial charge < -0.3 is 45.1 Å². The summed E-state index contributed by atoms with van der Waals surface area (Å²) in [6, 6.07) is 37.1. The quantitative estimate of drug-likeness (QED) is 0.0622. The lowest BCUT2D eigenvalue weighted by molar-refractivity contribution is -0.400. The zero-order valence-corrected chi connectivity index (χ0v) is 57.0. The third-order valence-electron chi connectivity index (χ3n) is 32.2. The molecule has 3 heterocycles. The van der Waals surface area contributed by atoms with Crippen LogP contribution >= 0.6 is 0 Å². The van der Waals surface area contributed by atoms with Crippen LogP contribution in [0.4, 0.5) is 0 Å². The number of esters is 1. The maximum Gasteiger partial charge on any atom is 0.331 e. The Kier molecular flexibility index (Phi) is 14.6. The van der Waals surface area contributed by atoms with Gasteiger partial charge in [0.25, 0.3) is 0 Å². The number of rotatable bonds is 6. The van der Waals surface area contributed by atoms with E-state index in [0.29, 0.717) is 56.8 Å². The number of fused-ring (bicyclic) bond motifs is 9. The molecule has 0 amide bonds. The van der Waals surface area contributed by atoms with Gasteiger partial charge in [-0.3, -0.25) is 0 Å². The van der Waals surface area contributed by atoms with Crippen molar-refractivity contribution in [3.63, 3.8) is 0 Å². The molecule has 6 N–H and O–H groups in total. The number of benzene rings is 4. The Hall–Kier alpha value is -5.40. The molecule has 508 valence electrons. The molecule has 97 heavy (non-hydrogen) atoms. The number of ether oxygens (including phenoxy) is 2. The second-order valence-corrected chi connectivity index (χ2v) is 35.6. The summed E-state index contributed by atoms with van der Waals surface area (Å²) >= 11 is 0. The van der Waals surface area contributed by atoms with Crippen LogP contribution in [0.15, 0.2) is 115 Å². The van der Waals surface area contributed by atoms with Crippen molar-refractivity contribution in [1.29, 1.82) is 0 Å². The molecule has 10 nitrogen and oxygen atoms in total. The van der Waals surface area contributed by atoms with Gasteiger partial charge >= 0.3 is 5.97 Å². The number of aliphatic hydroxyl groups is 5. The van der Waals surface area contributed by atoms with Crippen LogP contribution in [0.3, 0.4) is 0 Å². The minimum atomic E-state index is -2.39. The van der Waals surface area contributed by atoms with E-state index in [4.69, 9.17) is 9.47 Å². The average molecular weight is 1300 g/mol. The summed E-state index contributed by atoms with van der Waals surface area (Å²) in [5.74, 6) is 13.8. The van der Waals surface area contributed by atoms with Crippen molar-refractivity contribution in [2.24, 2.45) is 116 Å². The maximum atomic E-state index is 16.6. The molecule has 10 heteroatoms. The molecule has 16 aliphatic rings. The minimum Gasteiger partial charge on any atom is -0.454 e. The molecule has 4 aromatic carbocycles. The fourth-order valence-electron chi connectivity index (χ4n) is 29.0. The molecule has 0 aromatic heterocycles. The maximum absolute atomic E-state index is 16.6. The molecular weight excluding hydrogens is 1200 g/mol. The summed E-state index contributed by atoms with van der Waals surface area (Å²) in [5, 5.41) is 78.0. The second-order valence-electron chi connectivity index (χ2n) is 35.6. The number of carbonyl (C=O) groups excluding carboxylic acids is 2. The Morgan fingerprint density at radius 1 is 0.732 bits per heavy atom. The molecule has 3 aliphatic heterocycles. The van der Waals surface area contributed by atoms with Crippen LogP contribution in [0.5, 0.6) is 0 Å². The van der Waals surface area contributed by atoms with Gasteiger partial charge in [-0.2, -0.15) is 0 Å². The van der Waals surface area contributed by atoms with Gasteiger partial charge in [-0.1, -0.05) is 122 Å². The van der Waals surface area contributed by atoms with E-state index in [1.165, 1.54) is 22.3 Å². The molecular formula is C87H101NO9. The topological polar surface area (TPSA) is 166 Å².